The second-order valence-corrected chi connectivity index (χ2v) is 9.52. The number of hydrogen-bond acceptors (Lipinski definition) is 5. The molecule has 0 radical (unpaired) electrons. The van der Waals surface area contributed by atoms with Crippen molar-refractivity contribution in [2.75, 3.05) is 13.7 Å². The van der Waals surface area contributed by atoms with Gasteiger partial charge in [-0.3, -0.25) is 9.59 Å². The summed E-state index contributed by atoms with van der Waals surface area (Å²) in [5, 5.41) is 2.76. The summed E-state index contributed by atoms with van der Waals surface area (Å²) in [7, 11) is -2.38. The van der Waals surface area contributed by atoms with Crippen molar-refractivity contribution in [1.82, 2.24) is 10.0 Å². The Morgan fingerprint density at radius 2 is 1.75 bits per heavy atom. The molecule has 0 fully saturated rings. The van der Waals surface area contributed by atoms with Crippen LogP contribution < -0.4 is 10.0 Å². The van der Waals surface area contributed by atoms with Crippen molar-refractivity contribution in [2.45, 2.75) is 69.7 Å². The Morgan fingerprint density at radius 3 is 2.25 bits per heavy atom. The van der Waals surface area contributed by atoms with Gasteiger partial charge in [-0.1, -0.05) is 46.2 Å². The van der Waals surface area contributed by atoms with Crippen molar-refractivity contribution in [2.24, 2.45) is 0 Å². The number of ether oxygens (including phenoxy) is 1. The normalized spacial score (nSPS) is 13.0. The predicted molar refractivity (Wildman–Crippen MR) is 108 cm³/mol. The van der Waals surface area contributed by atoms with Crippen molar-refractivity contribution in [3.05, 3.63) is 29.8 Å². The first-order valence-corrected chi connectivity index (χ1v) is 10.9. The molecule has 28 heavy (non-hydrogen) atoms. The summed E-state index contributed by atoms with van der Waals surface area (Å²) in [4.78, 5) is 23.6. The average molecular weight is 413 g/mol. The van der Waals surface area contributed by atoms with E-state index in [0.29, 0.717) is 6.42 Å². The van der Waals surface area contributed by atoms with Gasteiger partial charge in [0.2, 0.25) is 15.9 Å². The highest BCUT2D eigenvalue weighted by molar-refractivity contribution is 7.89. The van der Waals surface area contributed by atoms with E-state index in [0.717, 1.165) is 12.0 Å². The molecule has 158 valence electrons. The van der Waals surface area contributed by atoms with Crippen LogP contribution in [-0.4, -0.2) is 40.0 Å². The van der Waals surface area contributed by atoms with E-state index in [1.165, 1.54) is 7.11 Å². The molecule has 7 nitrogen and oxygen atoms in total. The number of carbonyl (C=O) groups is 2. The molecule has 1 atom stereocenters. The molecule has 0 aliphatic carbocycles. The molecule has 0 heterocycles. The fourth-order valence-electron chi connectivity index (χ4n) is 2.67. The molecule has 0 saturated heterocycles. The molecular formula is C20H32N2O5S. The summed E-state index contributed by atoms with van der Waals surface area (Å²) in [5.74, 6) is -0.703. The molecule has 0 aliphatic rings. The molecule has 1 rings (SSSR count). The van der Waals surface area contributed by atoms with Crippen molar-refractivity contribution >= 4 is 21.9 Å². The minimum atomic E-state index is -3.68. The zero-order chi connectivity index (χ0) is 21.4. The number of benzene rings is 1. The molecule has 2 N–H and O–H groups in total. The largest absolute Gasteiger partial charge is 0.469 e. The zero-order valence-corrected chi connectivity index (χ0v) is 18.2. The first-order chi connectivity index (χ1) is 13.0. The summed E-state index contributed by atoms with van der Waals surface area (Å²) in [6.07, 6.45) is 1.54. The van der Waals surface area contributed by atoms with E-state index in [1.54, 1.807) is 24.3 Å². The van der Waals surface area contributed by atoms with Crippen molar-refractivity contribution in [3.63, 3.8) is 0 Å². The van der Waals surface area contributed by atoms with Crippen LogP contribution in [0.15, 0.2) is 29.2 Å². The number of sulfonamides is 1. The smallest absolute Gasteiger partial charge is 0.307 e. The number of methoxy groups -OCH3 is 1. The summed E-state index contributed by atoms with van der Waals surface area (Å²) in [5.41, 5.74) is 0.978. The van der Waals surface area contributed by atoms with Crippen LogP contribution >= 0.6 is 0 Å². The minimum absolute atomic E-state index is 0.0132. The highest BCUT2D eigenvalue weighted by Crippen LogP contribution is 2.23. The van der Waals surface area contributed by atoms with Crippen LogP contribution in [0.1, 0.15) is 58.9 Å². The number of nitrogens with one attached hydrogen (secondary N) is 2. The lowest BCUT2D eigenvalue weighted by Crippen LogP contribution is -2.38. The predicted octanol–water partition coefficient (Wildman–Crippen LogP) is 2.50. The van der Waals surface area contributed by atoms with Gasteiger partial charge in [-0.25, -0.2) is 13.1 Å². The fourth-order valence-corrected chi connectivity index (χ4v) is 3.71. The van der Waals surface area contributed by atoms with Crippen LogP contribution in [0, 0.1) is 0 Å². The highest BCUT2D eigenvalue weighted by atomic mass is 32.2. The van der Waals surface area contributed by atoms with Crippen LogP contribution in [-0.2, 0) is 29.8 Å². The Bertz CT molecular complexity index is 752. The lowest BCUT2D eigenvalue weighted by atomic mass is 9.87. The Balaban J connectivity index is 2.58. The van der Waals surface area contributed by atoms with Crippen molar-refractivity contribution in [1.29, 1.82) is 0 Å². The number of hydrogen-bond donors (Lipinski definition) is 2. The number of rotatable bonds is 10. The van der Waals surface area contributed by atoms with Crippen molar-refractivity contribution in [3.8, 4) is 0 Å². The van der Waals surface area contributed by atoms with Gasteiger partial charge in [-0.15, -0.1) is 0 Å². The molecular weight excluding hydrogens is 380 g/mol. The standard InChI is InChI=1S/C20H32N2O5S/c1-6-7-16(14-19(24)27-5)22-18(23)12-13-21-28(25,26)17-10-8-15(9-11-17)20(2,3)4/h8-11,16,21H,6-7,12-14H2,1-5H3,(H,22,23). The van der Waals surface area contributed by atoms with E-state index in [9.17, 15) is 18.0 Å². The van der Waals surface area contributed by atoms with E-state index in [-0.39, 0.29) is 41.6 Å². The van der Waals surface area contributed by atoms with Crippen LogP contribution in [0.4, 0.5) is 0 Å². The molecule has 0 spiro atoms. The molecule has 1 amide bonds. The van der Waals surface area contributed by atoms with Crippen LogP contribution in [0.2, 0.25) is 0 Å². The third-order valence-corrected chi connectivity index (χ3v) is 5.79. The van der Waals surface area contributed by atoms with Gasteiger partial charge in [0.05, 0.1) is 18.4 Å². The maximum Gasteiger partial charge on any atom is 0.307 e. The van der Waals surface area contributed by atoms with Gasteiger partial charge >= 0.3 is 5.97 Å². The Hall–Kier alpha value is -1.93. The maximum atomic E-state index is 12.4. The summed E-state index contributed by atoms with van der Waals surface area (Å²) >= 11 is 0. The summed E-state index contributed by atoms with van der Waals surface area (Å²) in [6.45, 7) is 8.10. The molecule has 0 aromatic heterocycles. The Kier molecular flexibility index (Phi) is 9.10. The lowest BCUT2D eigenvalue weighted by molar-refractivity contribution is -0.141. The lowest BCUT2D eigenvalue weighted by Gasteiger charge is -2.19. The summed E-state index contributed by atoms with van der Waals surface area (Å²) in [6, 6.07) is 6.41. The SMILES string of the molecule is CCCC(CC(=O)OC)NC(=O)CCNS(=O)(=O)c1ccc(C(C)(C)C)cc1. The quantitative estimate of drug-likeness (QED) is 0.575. The number of amides is 1. The highest BCUT2D eigenvalue weighted by Gasteiger charge is 2.19. The number of carbonyl (C=O) groups excluding carboxylic acids is 2. The van der Waals surface area contributed by atoms with Gasteiger partial charge in [0.1, 0.15) is 0 Å². The van der Waals surface area contributed by atoms with Crippen LogP contribution in [0.25, 0.3) is 0 Å². The molecule has 1 unspecified atom stereocenters. The molecule has 1 aromatic rings. The topological polar surface area (TPSA) is 102 Å². The Labute approximate surface area is 168 Å². The average Bonchev–Trinajstić information content (AvgIpc) is 2.61. The second kappa shape index (κ2) is 10.6. The number of esters is 1. The monoisotopic (exact) mass is 412 g/mol. The first kappa shape index (κ1) is 24.1. The molecule has 0 aliphatic heterocycles. The van der Waals surface area contributed by atoms with Gasteiger partial charge in [-0.2, -0.15) is 0 Å². The summed E-state index contributed by atoms with van der Waals surface area (Å²) < 4.78 is 31.8. The van der Waals surface area contributed by atoms with Crippen LogP contribution in [0.3, 0.4) is 0 Å². The second-order valence-electron chi connectivity index (χ2n) is 7.76. The zero-order valence-electron chi connectivity index (χ0n) is 17.4. The maximum absolute atomic E-state index is 12.4. The van der Waals surface area contributed by atoms with E-state index < -0.39 is 16.0 Å². The van der Waals surface area contributed by atoms with E-state index >= 15 is 0 Å². The Morgan fingerprint density at radius 1 is 1.14 bits per heavy atom. The van der Waals surface area contributed by atoms with Gasteiger partial charge in [0, 0.05) is 19.0 Å². The third kappa shape index (κ3) is 7.98. The van der Waals surface area contributed by atoms with Gasteiger partial charge in [0.15, 0.2) is 0 Å². The minimum Gasteiger partial charge on any atom is -0.469 e. The molecule has 0 bridgehead atoms. The van der Waals surface area contributed by atoms with Crippen molar-refractivity contribution < 1.29 is 22.7 Å². The van der Waals surface area contributed by atoms with Gasteiger partial charge in [0.25, 0.3) is 0 Å². The first-order valence-electron chi connectivity index (χ1n) is 9.46. The third-order valence-electron chi connectivity index (χ3n) is 4.32. The van der Waals surface area contributed by atoms with Gasteiger partial charge < -0.3 is 10.1 Å². The molecule has 0 saturated carbocycles. The van der Waals surface area contributed by atoms with Crippen LogP contribution in [0.5, 0.6) is 0 Å². The molecule has 8 heteroatoms. The van der Waals surface area contributed by atoms with E-state index in [1.807, 2.05) is 6.92 Å². The van der Waals surface area contributed by atoms with Gasteiger partial charge in [-0.05, 0) is 29.5 Å². The van der Waals surface area contributed by atoms with E-state index in [4.69, 9.17) is 0 Å². The fraction of sp³-hybridized carbons (Fsp3) is 0.600. The van der Waals surface area contributed by atoms with E-state index in [2.05, 4.69) is 35.5 Å². The molecule has 1 aromatic carbocycles.